The van der Waals surface area contributed by atoms with Gasteiger partial charge in [0.2, 0.25) is 0 Å². The summed E-state index contributed by atoms with van der Waals surface area (Å²) >= 11 is 0. The third-order valence-electron chi connectivity index (χ3n) is 4.38. The van der Waals surface area contributed by atoms with Crippen LogP contribution >= 0.6 is 0 Å². The molecule has 1 fully saturated rings. The number of anilines is 1. The van der Waals surface area contributed by atoms with Crippen LogP contribution in [0.1, 0.15) is 38.3 Å². The largest absolute Gasteiger partial charge is 0.357 e. The van der Waals surface area contributed by atoms with Gasteiger partial charge in [-0.2, -0.15) is 0 Å². The number of nitrogens with one attached hydrogen (secondary N) is 1. The van der Waals surface area contributed by atoms with E-state index >= 15 is 0 Å². The second-order valence-corrected chi connectivity index (χ2v) is 5.87. The van der Waals surface area contributed by atoms with Crippen molar-refractivity contribution in [2.45, 2.75) is 38.8 Å². The van der Waals surface area contributed by atoms with Gasteiger partial charge in [0, 0.05) is 25.3 Å². The minimum atomic E-state index is 0.382. The lowest BCUT2D eigenvalue weighted by atomic mass is 10.0. The summed E-state index contributed by atoms with van der Waals surface area (Å²) in [5, 5.41) is 3.46. The number of pyridine rings is 1. The maximum Gasteiger partial charge on any atom is 0.128 e. The number of nitrogens with zero attached hydrogens (tertiary/aromatic N) is 3. The summed E-state index contributed by atoms with van der Waals surface area (Å²) in [6.07, 6.45) is 4.38. The van der Waals surface area contributed by atoms with Crippen molar-refractivity contribution in [2.75, 3.05) is 38.6 Å². The highest BCUT2D eigenvalue weighted by atomic mass is 15.2. The molecule has 0 saturated carbocycles. The van der Waals surface area contributed by atoms with E-state index in [1.165, 1.54) is 31.5 Å². The molecule has 1 aromatic rings. The maximum absolute atomic E-state index is 4.56. The zero-order chi connectivity index (χ0) is 14.5. The van der Waals surface area contributed by atoms with Crippen LogP contribution in [0.3, 0.4) is 0 Å². The average Bonchev–Trinajstić information content (AvgIpc) is 2.48. The Morgan fingerprint density at radius 1 is 1.45 bits per heavy atom. The normalized spacial score (nSPS) is 19.0. The van der Waals surface area contributed by atoms with Crippen molar-refractivity contribution < 1.29 is 0 Å². The smallest absolute Gasteiger partial charge is 0.128 e. The fraction of sp³-hybridized carbons (Fsp3) is 0.688. The number of likely N-dealkylation sites (tertiary alicyclic amines) is 1. The summed E-state index contributed by atoms with van der Waals surface area (Å²) in [7, 11) is 4.38. The number of piperidine rings is 1. The van der Waals surface area contributed by atoms with Crippen LogP contribution in [0.5, 0.6) is 0 Å². The molecule has 4 nitrogen and oxygen atoms in total. The third-order valence-corrected chi connectivity index (χ3v) is 4.38. The zero-order valence-electron chi connectivity index (χ0n) is 13.3. The highest BCUT2D eigenvalue weighted by Crippen LogP contribution is 2.22. The molecule has 1 N–H and O–H groups in total. The van der Waals surface area contributed by atoms with Crippen LogP contribution in [0, 0.1) is 0 Å². The van der Waals surface area contributed by atoms with Gasteiger partial charge in [0.05, 0.1) is 0 Å². The van der Waals surface area contributed by atoms with Crippen molar-refractivity contribution in [3.63, 3.8) is 0 Å². The third kappa shape index (κ3) is 3.70. The fourth-order valence-electron chi connectivity index (χ4n) is 2.89. The Kier molecular flexibility index (Phi) is 5.38. The zero-order valence-corrected chi connectivity index (χ0v) is 13.3. The lowest BCUT2D eigenvalue weighted by molar-refractivity contribution is 0.252. The number of hydrogen-bond donors (Lipinski definition) is 1. The van der Waals surface area contributed by atoms with Crippen LogP contribution in [0.2, 0.25) is 0 Å². The van der Waals surface area contributed by atoms with Gasteiger partial charge in [0.1, 0.15) is 5.82 Å². The molecule has 1 atom stereocenters. The average molecular weight is 276 g/mol. The first-order valence-corrected chi connectivity index (χ1v) is 7.72. The van der Waals surface area contributed by atoms with Gasteiger partial charge in [-0.05, 0) is 64.1 Å². The second-order valence-electron chi connectivity index (χ2n) is 5.87. The van der Waals surface area contributed by atoms with E-state index in [2.05, 4.69) is 60.2 Å². The van der Waals surface area contributed by atoms with Crippen molar-refractivity contribution in [1.82, 2.24) is 15.2 Å². The predicted molar refractivity (Wildman–Crippen MR) is 85.3 cm³/mol. The molecule has 1 unspecified atom stereocenters. The monoisotopic (exact) mass is 276 g/mol. The molecule has 1 aliphatic rings. The number of rotatable bonds is 5. The Labute approximate surface area is 123 Å². The van der Waals surface area contributed by atoms with Gasteiger partial charge in [-0.1, -0.05) is 6.92 Å². The first kappa shape index (κ1) is 15.3. The van der Waals surface area contributed by atoms with Gasteiger partial charge in [-0.25, -0.2) is 4.98 Å². The molecular weight excluding hydrogens is 248 g/mol. The van der Waals surface area contributed by atoms with Crippen LogP contribution < -0.4 is 10.2 Å². The summed E-state index contributed by atoms with van der Waals surface area (Å²) in [6.45, 7) is 7.70. The molecular formula is C16H28N4. The van der Waals surface area contributed by atoms with Crippen molar-refractivity contribution in [3.05, 3.63) is 23.9 Å². The quantitative estimate of drug-likeness (QED) is 0.894. The molecule has 2 rings (SSSR count). The molecule has 0 bridgehead atoms. The highest BCUT2D eigenvalue weighted by molar-refractivity contribution is 5.42. The van der Waals surface area contributed by atoms with E-state index in [0.29, 0.717) is 12.1 Å². The van der Waals surface area contributed by atoms with E-state index < -0.39 is 0 Å². The van der Waals surface area contributed by atoms with Crippen molar-refractivity contribution in [1.29, 1.82) is 0 Å². The lowest BCUT2D eigenvalue weighted by Crippen LogP contribution is -2.42. The Morgan fingerprint density at radius 2 is 2.15 bits per heavy atom. The number of hydrogen-bond acceptors (Lipinski definition) is 4. The molecule has 0 amide bonds. The SMILES string of the molecule is CCNC(C)c1ccnc(N(C)C2CCN(C)CC2)c1. The van der Waals surface area contributed by atoms with Gasteiger partial charge in [0.25, 0.3) is 0 Å². The fourth-order valence-corrected chi connectivity index (χ4v) is 2.89. The Hall–Kier alpha value is -1.13. The minimum Gasteiger partial charge on any atom is -0.357 e. The maximum atomic E-state index is 4.56. The lowest BCUT2D eigenvalue weighted by Gasteiger charge is -2.36. The standard InChI is InChI=1S/C16H28N4/c1-5-17-13(2)14-6-9-18-16(12-14)20(4)15-7-10-19(3)11-8-15/h6,9,12-13,15,17H,5,7-8,10-11H2,1-4H3. The van der Waals surface area contributed by atoms with Gasteiger partial charge in [0.15, 0.2) is 0 Å². The molecule has 0 aliphatic carbocycles. The highest BCUT2D eigenvalue weighted by Gasteiger charge is 2.21. The minimum absolute atomic E-state index is 0.382. The van der Waals surface area contributed by atoms with E-state index in [-0.39, 0.29) is 0 Å². The molecule has 1 saturated heterocycles. The van der Waals surface area contributed by atoms with Gasteiger partial charge < -0.3 is 15.1 Å². The van der Waals surface area contributed by atoms with E-state index in [0.717, 1.165) is 12.4 Å². The Bertz CT molecular complexity index is 413. The molecule has 0 aromatic carbocycles. The van der Waals surface area contributed by atoms with E-state index in [1.54, 1.807) is 0 Å². The topological polar surface area (TPSA) is 31.4 Å². The van der Waals surface area contributed by atoms with Gasteiger partial charge >= 0.3 is 0 Å². The van der Waals surface area contributed by atoms with E-state index in [4.69, 9.17) is 0 Å². The molecule has 0 radical (unpaired) electrons. The van der Waals surface area contributed by atoms with Crippen LogP contribution in [0.15, 0.2) is 18.3 Å². The summed E-state index contributed by atoms with van der Waals surface area (Å²) in [6, 6.07) is 5.33. The Balaban J connectivity index is 2.06. The van der Waals surface area contributed by atoms with E-state index in [9.17, 15) is 0 Å². The van der Waals surface area contributed by atoms with Crippen molar-refractivity contribution in [2.24, 2.45) is 0 Å². The van der Waals surface area contributed by atoms with Crippen LogP contribution in [-0.2, 0) is 0 Å². The first-order chi connectivity index (χ1) is 9.61. The summed E-state index contributed by atoms with van der Waals surface area (Å²) in [5.74, 6) is 1.10. The number of aromatic nitrogens is 1. The predicted octanol–water partition coefficient (Wildman–Crippen LogP) is 2.28. The summed E-state index contributed by atoms with van der Waals surface area (Å²) in [5.41, 5.74) is 1.32. The molecule has 0 spiro atoms. The van der Waals surface area contributed by atoms with Crippen molar-refractivity contribution in [3.8, 4) is 0 Å². The molecule has 112 valence electrons. The van der Waals surface area contributed by atoms with E-state index in [1.807, 2.05) is 6.20 Å². The van der Waals surface area contributed by atoms with Crippen LogP contribution in [-0.4, -0.2) is 49.7 Å². The van der Waals surface area contributed by atoms with Crippen LogP contribution in [0.4, 0.5) is 5.82 Å². The van der Waals surface area contributed by atoms with Gasteiger partial charge in [-0.3, -0.25) is 0 Å². The van der Waals surface area contributed by atoms with Gasteiger partial charge in [-0.15, -0.1) is 0 Å². The van der Waals surface area contributed by atoms with Crippen molar-refractivity contribution >= 4 is 5.82 Å². The summed E-state index contributed by atoms with van der Waals surface area (Å²) in [4.78, 5) is 9.32. The summed E-state index contributed by atoms with van der Waals surface area (Å²) < 4.78 is 0. The molecule has 1 aliphatic heterocycles. The van der Waals surface area contributed by atoms with Crippen LogP contribution in [0.25, 0.3) is 0 Å². The molecule has 1 aromatic heterocycles. The molecule has 20 heavy (non-hydrogen) atoms. The molecule has 4 heteroatoms. The second kappa shape index (κ2) is 7.04. The molecule has 2 heterocycles. The first-order valence-electron chi connectivity index (χ1n) is 7.72. The Morgan fingerprint density at radius 3 is 2.80 bits per heavy atom.